The van der Waals surface area contributed by atoms with Crippen molar-refractivity contribution in [2.45, 2.75) is 0 Å². The van der Waals surface area contributed by atoms with E-state index in [2.05, 4.69) is 26.1 Å². The van der Waals surface area contributed by atoms with E-state index in [1.165, 1.54) is 10.9 Å². The molecule has 0 saturated carbocycles. The molecule has 27 heavy (non-hydrogen) atoms. The zero-order valence-corrected chi connectivity index (χ0v) is 13.9. The van der Waals surface area contributed by atoms with Crippen molar-refractivity contribution in [1.29, 1.82) is 0 Å². The highest BCUT2D eigenvalue weighted by Crippen LogP contribution is 2.18. The number of rotatable bonds is 3. The van der Waals surface area contributed by atoms with Gasteiger partial charge in [0, 0.05) is 5.39 Å². The molecular formula is C18H14N6O3. The molecule has 4 N–H and O–H groups in total. The molecule has 0 aliphatic rings. The van der Waals surface area contributed by atoms with Gasteiger partial charge < -0.3 is 5.11 Å². The summed E-state index contributed by atoms with van der Waals surface area (Å²) in [5.41, 5.74) is 5.91. The molecule has 0 unspecified atom stereocenters. The van der Waals surface area contributed by atoms with Crippen molar-refractivity contribution in [3.05, 3.63) is 72.2 Å². The van der Waals surface area contributed by atoms with Gasteiger partial charge in [-0.25, -0.2) is 4.68 Å². The molecule has 0 bridgehead atoms. The first-order valence-electron chi connectivity index (χ1n) is 8.00. The molecule has 9 nitrogen and oxygen atoms in total. The Labute approximate surface area is 152 Å². The van der Waals surface area contributed by atoms with Crippen LogP contribution in [-0.4, -0.2) is 36.9 Å². The second-order valence-corrected chi connectivity index (χ2v) is 5.69. The number of benzene rings is 2. The van der Waals surface area contributed by atoms with Gasteiger partial charge in [0.25, 0.3) is 11.8 Å². The van der Waals surface area contributed by atoms with Gasteiger partial charge in [-0.05, 0) is 18.2 Å². The average Bonchev–Trinajstić information content (AvgIpc) is 3.33. The number of hydrazine groups is 1. The number of H-pyrrole nitrogens is 1. The molecule has 0 spiro atoms. The fourth-order valence-corrected chi connectivity index (χ4v) is 2.64. The number of fused-ring (bicyclic) bond motifs is 1. The van der Waals surface area contributed by atoms with Gasteiger partial charge in [0.05, 0.1) is 29.2 Å². The lowest BCUT2D eigenvalue weighted by Gasteiger charge is -2.07. The smallest absolute Gasteiger partial charge is 0.294 e. The van der Waals surface area contributed by atoms with Crippen molar-refractivity contribution in [2.24, 2.45) is 0 Å². The van der Waals surface area contributed by atoms with Crippen LogP contribution in [0.1, 0.15) is 20.8 Å². The highest BCUT2D eigenvalue weighted by Gasteiger charge is 2.18. The van der Waals surface area contributed by atoms with Crippen LogP contribution in [0, 0.1) is 0 Å². The van der Waals surface area contributed by atoms with E-state index in [-0.39, 0.29) is 11.4 Å². The number of carbonyl (C=O) groups excluding carboxylic acids is 2. The summed E-state index contributed by atoms with van der Waals surface area (Å²) in [6.07, 6.45) is 2.91. The monoisotopic (exact) mass is 362 g/mol. The number of carbonyl (C=O) groups is 2. The summed E-state index contributed by atoms with van der Waals surface area (Å²) < 4.78 is 1.37. The van der Waals surface area contributed by atoms with Crippen molar-refractivity contribution in [1.82, 2.24) is 30.8 Å². The predicted molar refractivity (Wildman–Crippen MR) is 96.3 cm³/mol. The minimum atomic E-state index is -0.743. The van der Waals surface area contributed by atoms with Crippen LogP contribution in [0.5, 0.6) is 5.75 Å². The first-order chi connectivity index (χ1) is 13.1. The number of aromatic hydroxyl groups is 1. The SMILES string of the molecule is O=C(NNC(=O)c1cccc2cn[nH]c12)c1nn(-c2ccccc2)cc1O. The molecular weight excluding hydrogens is 348 g/mol. The van der Waals surface area contributed by atoms with Crippen LogP contribution in [0.4, 0.5) is 0 Å². The van der Waals surface area contributed by atoms with Crippen LogP contribution >= 0.6 is 0 Å². The van der Waals surface area contributed by atoms with Gasteiger partial charge >= 0.3 is 0 Å². The molecule has 0 aliphatic carbocycles. The van der Waals surface area contributed by atoms with Gasteiger partial charge in [0.15, 0.2) is 11.4 Å². The number of hydrogen-bond acceptors (Lipinski definition) is 5. The standard InChI is InChI=1S/C18H14N6O3/c25-14-10-24(12-6-2-1-3-7-12)23-16(14)18(27)22-21-17(26)13-8-4-5-11-9-19-20-15(11)13/h1-10,25H,(H,19,20)(H,21,26)(H,22,27). The molecule has 0 saturated heterocycles. The van der Waals surface area contributed by atoms with Crippen LogP contribution in [-0.2, 0) is 0 Å². The second kappa shape index (κ2) is 6.64. The summed E-state index contributed by atoms with van der Waals surface area (Å²) in [5, 5.41) is 21.5. The maximum Gasteiger partial charge on any atom is 0.294 e. The molecule has 4 aromatic rings. The van der Waals surface area contributed by atoms with Gasteiger partial charge in [0.2, 0.25) is 0 Å². The third-order valence-corrected chi connectivity index (χ3v) is 3.94. The second-order valence-electron chi connectivity index (χ2n) is 5.69. The molecule has 2 amide bonds. The van der Waals surface area contributed by atoms with Crippen LogP contribution in [0.2, 0.25) is 0 Å². The van der Waals surface area contributed by atoms with Crippen LogP contribution in [0.3, 0.4) is 0 Å². The number of amides is 2. The Morgan fingerprint density at radius 1 is 1.00 bits per heavy atom. The van der Waals surface area contributed by atoms with Crippen molar-refractivity contribution in [3.8, 4) is 11.4 Å². The number of nitrogens with one attached hydrogen (secondary N) is 3. The van der Waals surface area contributed by atoms with E-state index >= 15 is 0 Å². The van der Waals surface area contributed by atoms with E-state index < -0.39 is 11.8 Å². The Morgan fingerprint density at radius 2 is 1.78 bits per heavy atom. The maximum absolute atomic E-state index is 12.3. The van der Waals surface area contributed by atoms with Crippen molar-refractivity contribution in [3.63, 3.8) is 0 Å². The average molecular weight is 362 g/mol. The van der Waals surface area contributed by atoms with E-state index in [1.807, 2.05) is 24.3 Å². The number of nitrogens with zero attached hydrogens (tertiary/aromatic N) is 3. The molecule has 0 fully saturated rings. The van der Waals surface area contributed by atoms with E-state index in [1.54, 1.807) is 30.5 Å². The number of aromatic nitrogens is 4. The summed E-state index contributed by atoms with van der Waals surface area (Å²) >= 11 is 0. The third-order valence-electron chi connectivity index (χ3n) is 3.94. The number of aromatic amines is 1. The summed E-state index contributed by atoms with van der Waals surface area (Å²) in [5.74, 6) is -1.58. The van der Waals surface area contributed by atoms with Gasteiger partial charge in [-0.2, -0.15) is 10.2 Å². The Balaban J connectivity index is 1.49. The summed E-state index contributed by atoms with van der Waals surface area (Å²) in [7, 11) is 0. The minimum Gasteiger partial charge on any atom is -0.504 e. The minimum absolute atomic E-state index is 0.209. The zero-order valence-electron chi connectivity index (χ0n) is 13.9. The summed E-state index contributed by atoms with van der Waals surface area (Å²) in [4.78, 5) is 24.6. The predicted octanol–water partition coefficient (Wildman–Crippen LogP) is 1.53. The van der Waals surface area contributed by atoms with Crippen LogP contribution in [0.15, 0.2) is 60.9 Å². The Hall–Kier alpha value is -4.14. The topological polar surface area (TPSA) is 125 Å². The van der Waals surface area contributed by atoms with Gasteiger partial charge in [-0.3, -0.25) is 25.5 Å². The third kappa shape index (κ3) is 3.09. The van der Waals surface area contributed by atoms with E-state index in [0.29, 0.717) is 16.8 Å². The summed E-state index contributed by atoms with van der Waals surface area (Å²) in [6.45, 7) is 0. The van der Waals surface area contributed by atoms with Crippen LogP contribution < -0.4 is 10.9 Å². The van der Waals surface area contributed by atoms with Crippen molar-refractivity contribution < 1.29 is 14.7 Å². The highest BCUT2D eigenvalue weighted by molar-refractivity contribution is 6.06. The van der Waals surface area contributed by atoms with Crippen molar-refractivity contribution >= 4 is 22.7 Å². The quantitative estimate of drug-likeness (QED) is 0.411. The molecule has 9 heteroatoms. The molecule has 0 radical (unpaired) electrons. The highest BCUT2D eigenvalue weighted by atomic mass is 16.3. The van der Waals surface area contributed by atoms with Gasteiger partial charge in [0.1, 0.15) is 0 Å². The maximum atomic E-state index is 12.3. The first kappa shape index (κ1) is 16.3. The zero-order chi connectivity index (χ0) is 18.8. The first-order valence-corrected chi connectivity index (χ1v) is 8.00. The van der Waals surface area contributed by atoms with E-state index in [4.69, 9.17) is 0 Å². The Bertz CT molecular complexity index is 1130. The largest absolute Gasteiger partial charge is 0.504 e. The Morgan fingerprint density at radius 3 is 2.59 bits per heavy atom. The van der Waals surface area contributed by atoms with Crippen molar-refractivity contribution in [2.75, 3.05) is 0 Å². The molecule has 0 atom stereocenters. The normalized spacial score (nSPS) is 10.7. The molecule has 0 aliphatic heterocycles. The number of hydrogen-bond donors (Lipinski definition) is 4. The molecule has 4 rings (SSSR count). The lowest BCUT2D eigenvalue weighted by molar-refractivity contribution is 0.0842. The summed E-state index contributed by atoms with van der Waals surface area (Å²) in [6, 6.07) is 14.1. The lowest BCUT2D eigenvalue weighted by Crippen LogP contribution is -2.42. The fraction of sp³-hybridized carbons (Fsp3) is 0. The van der Waals surface area contributed by atoms with E-state index in [0.717, 1.165) is 5.39 Å². The molecule has 2 heterocycles. The lowest BCUT2D eigenvalue weighted by atomic mass is 10.1. The van der Waals surface area contributed by atoms with Gasteiger partial charge in [-0.15, -0.1) is 0 Å². The molecule has 134 valence electrons. The van der Waals surface area contributed by atoms with E-state index in [9.17, 15) is 14.7 Å². The van der Waals surface area contributed by atoms with Gasteiger partial charge in [-0.1, -0.05) is 30.3 Å². The Kier molecular flexibility index (Phi) is 4.01. The number of para-hydroxylation sites is 2. The molecule has 2 aromatic carbocycles. The fourth-order valence-electron chi connectivity index (χ4n) is 2.64. The van der Waals surface area contributed by atoms with Crippen LogP contribution in [0.25, 0.3) is 16.6 Å². The molecule has 2 aromatic heterocycles.